The molecule has 0 saturated carbocycles. The molecule has 3 rings (SSSR count). The van der Waals surface area contributed by atoms with Crippen LogP contribution in [0.3, 0.4) is 0 Å². The van der Waals surface area contributed by atoms with E-state index >= 15 is 0 Å². The van der Waals surface area contributed by atoms with Crippen LogP contribution in [0.25, 0.3) is 11.0 Å². The average molecular weight is 1200 g/mol. The molecule has 2 atom stereocenters. The van der Waals surface area contributed by atoms with Crippen molar-refractivity contribution in [2.75, 3.05) is 57.6 Å². The van der Waals surface area contributed by atoms with Gasteiger partial charge in [0.1, 0.15) is 11.9 Å². The predicted molar refractivity (Wildman–Crippen MR) is 340 cm³/mol. The number of nitrogens with zero attached hydrogens (tertiary/aromatic N) is 4. The number of nitro benzene ring substituents is 2. The molecule has 0 radical (unpaired) electrons. The maximum absolute atomic E-state index is 14.5. The zero-order chi connectivity index (χ0) is 60.2. The summed E-state index contributed by atoms with van der Waals surface area (Å²) >= 11 is 0. The minimum absolute atomic E-state index is 0.0668. The lowest BCUT2D eigenvalue weighted by atomic mass is 10.0. The molecule has 0 aliphatic heterocycles. The summed E-state index contributed by atoms with van der Waals surface area (Å²) in [5.74, 6) is 0.273. The van der Waals surface area contributed by atoms with Gasteiger partial charge in [-0.15, -0.1) is 0 Å². The molecule has 1 amide bonds. The molecule has 1 aromatic heterocycles. The maximum Gasteiger partial charge on any atom is 0.407 e. The van der Waals surface area contributed by atoms with Crippen LogP contribution in [0.1, 0.15) is 277 Å². The third-order valence-corrected chi connectivity index (χ3v) is 17.5. The van der Waals surface area contributed by atoms with E-state index < -0.39 is 29.6 Å². The van der Waals surface area contributed by atoms with E-state index in [0.717, 1.165) is 103 Å². The summed E-state index contributed by atoms with van der Waals surface area (Å²) in [6.45, 7) is 7.79. The Labute approximate surface area is 505 Å². The summed E-state index contributed by atoms with van der Waals surface area (Å²) in [5, 5.41) is 36.1. The highest BCUT2D eigenvalue weighted by molar-refractivity contribution is 7.54. The number of ether oxygens (including phenoxy) is 3. The summed E-state index contributed by atoms with van der Waals surface area (Å²) in [6.07, 6.45) is 47.9. The number of anilines is 1. The lowest BCUT2D eigenvalue weighted by Crippen LogP contribution is -2.27. The van der Waals surface area contributed by atoms with Crippen molar-refractivity contribution in [3.05, 3.63) is 56.6 Å². The van der Waals surface area contributed by atoms with Gasteiger partial charge in [0.25, 0.3) is 5.69 Å². The van der Waals surface area contributed by atoms with E-state index in [1.54, 1.807) is 6.07 Å². The van der Waals surface area contributed by atoms with Crippen LogP contribution in [0.2, 0.25) is 0 Å². The quantitative estimate of drug-likeness (QED) is 0.0232. The summed E-state index contributed by atoms with van der Waals surface area (Å²) in [6, 6.07) is 8.68. The van der Waals surface area contributed by atoms with Crippen molar-refractivity contribution in [1.29, 1.82) is 0 Å². The predicted octanol–water partition coefficient (Wildman–Crippen LogP) is 19.9. The minimum Gasteiger partial charge on any atom is -0.450 e. The summed E-state index contributed by atoms with van der Waals surface area (Å²) in [5.41, 5.74) is 0.881. The number of nitro groups is 2. The number of non-ortho nitro benzene ring substituents is 2. The number of benzene rings is 2. The first-order chi connectivity index (χ1) is 41.2. The molecule has 0 aliphatic carbocycles. The van der Waals surface area contributed by atoms with Crippen LogP contribution in [0.5, 0.6) is 5.75 Å². The number of hydrogen-bond acceptors (Lipinski definition) is 15. The molecule has 0 fully saturated rings. The van der Waals surface area contributed by atoms with Gasteiger partial charge in [-0.2, -0.15) is 0 Å². The van der Waals surface area contributed by atoms with Crippen molar-refractivity contribution in [2.24, 2.45) is 0 Å². The Bertz CT molecular complexity index is 2130. The number of rotatable bonds is 60. The lowest BCUT2D eigenvalue weighted by molar-refractivity contribution is -0.384. The van der Waals surface area contributed by atoms with E-state index in [1.807, 2.05) is 0 Å². The molecule has 0 aliphatic rings. The normalized spacial score (nSPS) is 12.6. The van der Waals surface area contributed by atoms with E-state index in [-0.39, 0.29) is 35.4 Å². The highest BCUT2D eigenvalue weighted by Gasteiger charge is 2.28. The Hall–Kier alpha value is -4.38. The van der Waals surface area contributed by atoms with Crippen LogP contribution in [-0.2, 0) is 23.3 Å². The fourth-order valence-electron chi connectivity index (χ4n) is 10.4. The fourth-order valence-corrected chi connectivity index (χ4v) is 12.2. The van der Waals surface area contributed by atoms with Crippen molar-refractivity contribution in [3.63, 3.8) is 0 Å². The van der Waals surface area contributed by atoms with E-state index in [1.165, 1.54) is 184 Å². The molecule has 0 spiro atoms. The van der Waals surface area contributed by atoms with E-state index in [2.05, 4.69) is 34.8 Å². The summed E-state index contributed by atoms with van der Waals surface area (Å²) in [7, 11) is -3.67. The number of nitrogens with one attached hydrogen (secondary N) is 2. The highest BCUT2D eigenvalue weighted by atomic mass is 31.2. The minimum atomic E-state index is -3.67. The standard InChI is InChI=1S/C65H113N6O12P/c1-3-5-7-9-11-13-15-17-19-21-24-28-34-40-52-78-56-60(79-53-41-35-29-25-22-20-18-16-14-12-10-8-6-4-2)57-81-84(77,82-59-46-44-58(45-47-59)70(73)74)55-43-37-31-27-23-26-30-36-42-54-80-65(72)67-51-39-33-32-38-50-66-61-48-49-62(71(75)76)64-63(61)68-83-69-64/h44-49,60,66H,3-43,50-57H2,1-2H3,(H,67,72)/t60-,84?/m0/s1. The maximum atomic E-state index is 14.5. The average Bonchev–Trinajstić information content (AvgIpc) is 4.22. The van der Waals surface area contributed by atoms with E-state index in [0.29, 0.717) is 57.1 Å². The van der Waals surface area contributed by atoms with Gasteiger partial charge in [-0.1, -0.05) is 239 Å². The van der Waals surface area contributed by atoms with Crippen LogP contribution in [0, 0.1) is 20.2 Å². The molecule has 0 saturated heterocycles. The molecule has 1 heterocycles. The Balaban J connectivity index is 1.31. The van der Waals surface area contributed by atoms with Crippen LogP contribution in [-0.4, -0.2) is 84.6 Å². The number of amides is 1. The molecule has 1 unspecified atom stereocenters. The van der Waals surface area contributed by atoms with Gasteiger partial charge in [-0.25, -0.2) is 14.0 Å². The number of hydrogen-bond donors (Lipinski definition) is 2. The largest absolute Gasteiger partial charge is 0.450 e. The molecule has 2 N–H and O–H groups in total. The molecule has 19 heteroatoms. The van der Waals surface area contributed by atoms with Crippen molar-refractivity contribution in [3.8, 4) is 5.75 Å². The number of alkyl carbamates (subject to hydrolysis) is 1. The first-order valence-corrected chi connectivity index (χ1v) is 35.3. The second-order valence-corrected chi connectivity index (χ2v) is 25.3. The van der Waals surface area contributed by atoms with Gasteiger partial charge in [-0.05, 0) is 67.0 Å². The number of unbranched alkanes of at least 4 members (excludes halogenated alkanes) is 37. The number of carbonyl (C=O) groups is 1. The highest BCUT2D eigenvalue weighted by Crippen LogP contribution is 2.49. The van der Waals surface area contributed by atoms with Crippen molar-refractivity contribution in [2.45, 2.75) is 283 Å². The lowest BCUT2D eigenvalue weighted by Gasteiger charge is -2.23. The van der Waals surface area contributed by atoms with Gasteiger partial charge >= 0.3 is 19.4 Å². The SMILES string of the molecule is CCCCCCCCCCCCCCCCOC[C@@H](COP(=O)(CCCCCCCCCCCOC(=O)NCCCCCCNc1ccc([N+](=O)[O-])c2nonc12)Oc1ccc([N+](=O)[O-])cc1)OCCCCCCCCCCCCCCCC. The Morgan fingerprint density at radius 2 is 0.976 bits per heavy atom. The molecule has 480 valence electrons. The second-order valence-electron chi connectivity index (χ2n) is 23.2. The Kier molecular flexibility index (Phi) is 44.6. The monoisotopic (exact) mass is 1200 g/mol. The van der Waals surface area contributed by atoms with Gasteiger partial charge in [-0.3, -0.25) is 24.8 Å². The van der Waals surface area contributed by atoms with Crippen LogP contribution in [0.15, 0.2) is 41.0 Å². The van der Waals surface area contributed by atoms with Crippen molar-refractivity contribution >= 4 is 41.8 Å². The summed E-state index contributed by atoms with van der Waals surface area (Å²) < 4.78 is 49.5. The van der Waals surface area contributed by atoms with Crippen molar-refractivity contribution < 1.29 is 47.1 Å². The van der Waals surface area contributed by atoms with E-state index in [4.69, 9.17) is 27.9 Å². The van der Waals surface area contributed by atoms with Gasteiger partial charge in [0, 0.05) is 44.5 Å². The van der Waals surface area contributed by atoms with E-state index in [9.17, 15) is 29.6 Å². The molecule has 0 bridgehead atoms. The van der Waals surface area contributed by atoms with Gasteiger partial charge in [0.2, 0.25) is 5.52 Å². The topological polar surface area (TPSA) is 230 Å². The van der Waals surface area contributed by atoms with Gasteiger partial charge in [0.05, 0.1) is 41.5 Å². The van der Waals surface area contributed by atoms with Crippen LogP contribution in [0.4, 0.5) is 21.9 Å². The number of aromatic nitrogens is 2. The first-order valence-electron chi connectivity index (χ1n) is 33.6. The number of fused-ring (bicyclic) bond motifs is 1. The zero-order valence-corrected chi connectivity index (χ0v) is 53.2. The first kappa shape index (κ1) is 73.9. The van der Waals surface area contributed by atoms with Crippen LogP contribution >= 0.6 is 7.60 Å². The molecule has 84 heavy (non-hydrogen) atoms. The van der Waals surface area contributed by atoms with Gasteiger partial charge in [0.15, 0.2) is 5.52 Å². The molecular formula is C65H113N6O12P. The summed E-state index contributed by atoms with van der Waals surface area (Å²) in [4.78, 5) is 33.8. The third kappa shape index (κ3) is 37.9. The van der Waals surface area contributed by atoms with Crippen molar-refractivity contribution in [1.82, 2.24) is 15.6 Å². The smallest absolute Gasteiger partial charge is 0.407 e. The third-order valence-electron chi connectivity index (χ3n) is 15.6. The second kappa shape index (κ2) is 50.7. The fraction of sp³-hybridized carbons (Fsp3) is 0.800. The van der Waals surface area contributed by atoms with Gasteiger partial charge < -0.3 is 29.4 Å². The van der Waals surface area contributed by atoms with Crippen LogP contribution < -0.4 is 15.2 Å². The molecule has 18 nitrogen and oxygen atoms in total. The number of carbonyl (C=O) groups excluding carboxylic acids is 1. The molecule has 3 aromatic rings. The molecule has 2 aromatic carbocycles. The Morgan fingerprint density at radius 3 is 1.49 bits per heavy atom. The Morgan fingerprint density at radius 1 is 0.524 bits per heavy atom. The zero-order valence-electron chi connectivity index (χ0n) is 52.3. The molecular weight excluding hydrogens is 1090 g/mol.